The van der Waals surface area contributed by atoms with Gasteiger partial charge in [0.25, 0.3) is 0 Å². The number of likely N-dealkylation sites (tertiary alicyclic amines) is 1. The highest BCUT2D eigenvalue weighted by Crippen LogP contribution is 2.45. The third-order valence-electron chi connectivity index (χ3n) is 6.93. The maximum absolute atomic E-state index is 14.1. The van der Waals surface area contributed by atoms with Gasteiger partial charge in [-0.05, 0) is 45.7 Å². The Morgan fingerprint density at radius 2 is 1.95 bits per heavy atom. The van der Waals surface area contributed by atoms with Crippen LogP contribution in [0.15, 0.2) is 30.9 Å². The van der Waals surface area contributed by atoms with Crippen LogP contribution in [-0.2, 0) is 36.9 Å². The largest absolute Gasteiger partial charge is 0.464 e. The monoisotopic (exact) mass is 531 g/mol. The van der Waals surface area contributed by atoms with Gasteiger partial charge in [-0.15, -0.1) is 6.58 Å². The number of benzene rings is 1. The fraction of sp³-hybridized carbons (Fsp3) is 0.556. The first-order valence-electron chi connectivity index (χ1n) is 12.7. The van der Waals surface area contributed by atoms with Crippen molar-refractivity contribution < 1.29 is 37.8 Å². The number of fused-ring (bicyclic) bond motifs is 1. The number of hydrogen-bond acceptors (Lipinski definition) is 7. The van der Waals surface area contributed by atoms with Crippen molar-refractivity contribution in [2.24, 2.45) is 5.92 Å². The third kappa shape index (κ3) is 5.46. The summed E-state index contributed by atoms with van der Waals surface area (Å²) in [7, 11) is 0. The van der Waals surface area contributed by atoms with E-state index in [1.54, 1.807) is 45.9 Å². The molecule has 1 aliphatic carbocycles. The molecule has 3 aliphatic rings. The summed E-state index contributed by atoms with van der Waals surface area (Å²) in [6, 6.07) is 3.63. The summed E-state index contributed by atoms with van der Waals surface area (Å²) in [4.78, 5) is 54.6. The molecule has 0 radical (unpaired) electrons. The second-order valence-corrected chi connectivity index (χ2v) is 10.9. The highest BCUT2D eigenvalue weighted by molar-refractivity contribution is 5.95. The summed E-state index contributed by atoms with van der Waals surface area (Å²) in [5.74, 6) is -1.83. The fourth-order valence-corrected chi connectivity index (χ4v) is 4.95. The van der Waals surface area contributed by atoms with Crippen LogP contribution in [0.2, 0.25) is 0 Å². The zero-order chi connectivity index (χ0) is 27.8. The molecule has 3 amide bonds. The molecule has 1 aromatic rings. The highest BCUT2D eigenvalue weighted by Gasteiger charge is 2.62. The third-order valence-corrected chi connectivity index (χ3v) is 6.93. The van der Waals surface area contributed by atoms with Crippen molar-refractivity contribution in [3.63, 3.8) is 0 Å². The van der Waals surface area contributed by atoms with E-state index in [0.717, 1.165) is 0 Å². The summed E-state index contributed by atoms with van der Waals surface area (Å²) < 4.78 is 30.4. The van der Waals surface area contributed by atoms with Gasteiger partial charge < -0.3 is 19.5 Å². The minimum absolute atomic E-state index is 0.00360. The minimum Gasteiger partial charge on any atom is -0.464 e. The number of ether oxygens (including phenoxy) is 3. The highest BCUT2D eigenvalue weighted by atomic mass is 19.1. The van der Waals surface area contributed by atoms with Crippen molar-refractivity contribution in [2.45, 2.75) is 76.9 Å². The van der Waals surface area contributed by atoms with Crippen LogP contribution in [0.4, 0.5) is 14.0 Å². The van der Waals surface area contributed by atoms with Gasteiger partial charge in [-0.3, -0.25) is 14.6 Å². The molecule has 2 aliphatic heterocycles. The molecule has 1 saturated carbocycles. The van der Waals surface area contributed by atoms with E-state index in [2.05, 4.69) is 11.9 Å². The van der Waals surface area contributed by atoms with Crippen LogP contribution in [0.5, 0.6) is 0 Å². The smallest absolute Gasteiger partial charge is 0.411 e. The van der Waals surface area contributed by atoms with Crippen LogP contribution in [0.25, 0.3) is 0 Å². The number of halogens is 1. The lowest BCUT2D eigenvalue weighted by Crippen LogP contribution is -2.53. The van der Waals surface area contributed by atoms with Crippen molar-refractivity contribution in [1.29, 1.82) is 0 Å². The molecule has 2 heterocycles. The summed E-state index contributed by atoms with van der Waals surface area (Å²) in [5, 5.41) is 2.76. The number of nitrogens with one attached hydrogen (secondary N) is 1. The van der Waals surface area contributed by atoms with Gasteiger partial charge in [-0.25, -0.2) is 18.8 Å². The number of esters is 1. The molecule has 1 saturated heterocycles. The molecular formula is C27H34FN3O7. The van der Waals surface area contributed by atoms with Gasteiger partial charge in [0, 0.05) is 24.4 Å². The lowest BCUT2D eigenvalue weighted by atomic mass is 10.1. The van der Waals surface area contributed by atoms with Crippen LogP contribution in [0.3, 0.4) is 0 Å². The van der Waals surface area contributed by atoms with E-state index in [9.17, 15) is 23.6 Å². The fourth-order valence-electron chi connectivity index (χ4n) is 4.95. The number of nitrogens with zero attached hydrogens (tertiary/aromatic N) is 2. The second-order valence-electron chi connectivity index (χ2n) is 10.9. The van der Waals surface area contributed by atoms with Crippen LogP contribution in [0, 0.1) is 11.7 Å². The van der Waals surface area contributed by atoms with Crippen LogP contribution < -0.4 is 5.32 Å². The summed E-state index contributed by atoms with van der Waals surface area (Å²) >= 11 is 0. The number of carbonyl (C=O) groups is 4. The van der Waals surface area contributed by atoms with Crippen molar-refractivity contribution in [2.75, 3.05) is 13.2 Å². The quantitative estimate of drug-likeness (QED) is 0.340. The molecule has 0 spiro atoms. The molecule has 11 heteroatoms. The predicted octanol–water partition coefficient (Wildman–Crippen LogP) is 3.28. The normalized spacial score (nSPS) is 25.9. The van der Waals surface area contributed by atoms with E-state index < -0.39 is 47.3 Å². The molecule has 4 rings (SSSR count). The van der Waals surface area contributed by atoms with Crippen molar-refractivity contribution in [3.8, 4) is 0 Å². The average molecular weight is 532 g/mol. The average Bonchev–Trinajstić information content (AvgIpc) is 3.15. The standard InChI is InChI=1S/C27H34FN3O7/c1-6-17-12-27(17,23(33)36-7-2)29-22(32)21-11-18(14-31(21)25(35)38-26(3,4)5)37-24(34)30-13-16-9-8-10-20(28)19(16)15-30/h6,8-10,17-18,21H,1,7,11-15H2,2-5H3,(H,29,32)/t17?,18-,21?,27-/m1/s1. The molecule has 1 aromatic carbocycles. The topological polar surface area (TPSA) is 114 Å². The Labute approximate surface area is 221 Å². The van der Waals surface area contributed by atoms with Gasteiger partial charge in [0.15, 0.2) is 0 Å². The van der Waals surface area contributed by atoms with E-state index in [4.69, 9.17) is 14.2 Å². The first-order valence-corrected chi connectivity index (χ1v) is 12.7. The molecule has 4 atom stereocenters. The maximum atomic E-state index is 14.1. The Morgan fingerprint density at radius 3 is 2.55 bits per heavy atom. The molecule has 1 N–H and O–H groups in total. The van der Waals surface area contributed by atoms with Gasteiger partial charge in [0.1, 0.15) is 29.1 Å². The molecule has 0 bridgehead atoms. The lowest BCUT2D eigenvalue weighted by Gasteiger charge is -2.28. The molecule has 206 valence electrons. The Hall–Kier alpha value is -3.63. The van der Waals surface area contributed by atoms with Crippen molar-refractivity contribution in [1.82, 2.24) is 15.1 Å². The molecule has 38 heavy (non-hydrogen) atoms. The van der Waals surface area contributed by atoms with E-state index >= 15 is 0 Å². The molecular weight excluding hydrogens is 497 g/mol. The van der Waals surface area contributed by atoms with Gasteiger partial charge in [-0.2, -0.15) is 0 Å². The van der Waals surface area contributed by atoms with Crippen molar-refractivity contribution >= 4 is 24.1 Å². The maximum Gasteiger partial charge on any atom is 0.411 e. The summed E-state index contributed by atoms with van der Waals surface area (Å²) in [5.41, 5.74) is -0.927. The first kappa shape index (κ1) is 27.4. The number of rotatable bonds is 6. The number of hydrogen-bond donors (Lipinski definition) is 1. The van der Waals surface area contributed by atoms with Gasteiger partial charge in [-0.1, -0.05) is 18.2 Å². The Balaban J connectivity index is 1.47. The Morgan fingerprint density at radius 1 is 1.21 bits per heavy atom. The SMILES string of the molecule is C=CC1C[C@]1(NC(=O)C1C[C@@H](OC(=O)N2Cc3cccc(F)c3C2)CN1C(=O)OC(C)(C)C)C(=O)OCC. The van der Waals surface area contributed by atoms with E-state index in [1.165, 1.54) is 15.9 Å². The van der Waals surface area contributed by atoms with Crippen LogP contribution >= 0.6 is 0 Å². The van der Waals surface area contributed by atoms with E-state index in [0.29, 0.717) is 17.5 Å². The van der Waals surface area contributed by atoms with Gasteiger partial charge in [0.05, 0.1) is 19.7 Å². The first-order chi connectivity index (χ1) is 17.9. The molecule has 0 aromatic heterocycles. The summed E-state index contributed by atoms with van der Waals surface area (Å²) in [6.45, 7) is 10.8. The summed E-state index contributed by atoms with van der Waals surface area (Å²) in [6.07, 6.45) is -0.305. The Kier molecular flexibility index (Phi) is 7.40. The zero-order valence-electron chi connectivity index (χ0n) is 22.1. The van der Waals surface area contributed by atoms with Crippen LogP contribution in [-0.4, -0.2) is 70.3 Å². The molecule has 2 fully saturated rings. The van der Waals surface area contributed by atoms with E-state index in [1.807, 2.05) is 0 Å². The van der Waals surface area contributed by atoms with Crippen molar-refractivity contribution in [3.05, 3.63) is 47.8 Å². The number of carbonyl (C=O) groups excluding carboxylic acids is 4. The van der Waals surface area contributed by atoms with Gasteiger partial charge >= 0.3 is 18.2 Å². The Bertz CT molecular complexity index is 1150. The zero-order valence-corrected chi connectivity index (χ0v) is 22.1. The van der Waals surface area contributed by atoms with Crippen LogP contribution in [0.1, 0.15) is 51.7 Å². The second kappa shape index (κ2) is 10.3. The predicted molar refractivity (Wildman–Crippen MR) is 133 cm³/mol. The molecule has 2 unspecified atom stereocenters. The number of amides is 3. The minimum atomic E-state index is -1.24. The van der Waals surface area contributed by atoms with E-state index in [-0.39, 0.29) is 44.4 Å². The lowest BCUT2D eigenvalue weighted by molar-refractivity contribution is -0.149. The van der Waals surface area contributed by atoms with Gasteiger partial charge in [0.2, 0.25) is 5.91 Å². The molecule has 10 nitrogen and oxygen atoms in total.